The standard InChI is InChI=1S/C25H25N5O2S/c31-24-22-13-5-4-12-21(22)23(29-30-24)26-14-7-15-27-25(33)28-19-10-6-11-20(16-19)32-17-18-8-2-1-3-9-18/h1-6,8-13,16H,7,14-15,17H2,(H,26,29)(H,30,31)(H2,27,28,33). The molecular weight excluding hydrogens is 434 g/mol. The molecule has 0 fully saturated rings. The van der Waals surface area contributed by atoms with Crippen LogP contribution in [0.1, 0.15) is 12.0 Å². The molecule has 168 valence electrons. The number of rotatable bonds is 9. The maximum atomic E-state index is 11.9. The van der Waals surface area contributed by atoms with Gasteiger partial charge in [-0.3, -0.25) is 4.79 Å². The van der Waals surface area contributed by atoms with Crippen LogP contribution in [0, 0.1) is 0 Å². The first-order valence-electron chi connectivity index (χ1n) is 10.7. The zero-order valence-electron chi connectivity index (χ0n) is 18.0. The summed E-state index contributed by atoms with van der Waals surface area (Å²) in [5, 5.41) is 18.3. The second-order valence-corrected chi connectivity index (χ2v) is 7.82. The molecule has 3 aromatic carbocycles. The van der Waals surface area contributed by atoms with E-state index in [9.17, 15) is 4.79 Å². The summed E-state index contributed by atoms with van der Waals surface area (Å²) in [5.41, 5.74) is 1.79. The molecule has 0 bridgehead atoms. The molecule has 1 aromatic heterocycles. The number of anilines is 2. The second kappa shape index (κ2) is 11.1. The van der Waals surface area contributed by atoms with Crippen molar-refractivity contribution in [3.63, 3.8) is 0 Å². The van der Waals surface area contributed by atoms with E-state index in [-0.39, 0.29) is 5.56 Å². The Morgan fingerprint density at radius 2 is 1.73 bits per heavy atom. The van der Waals surface area contributed by atoms with Crippen LogP contribution in [0.5, 0.6) is 5.75 Å². The van der Waals surface area contributed by atoms with Crippen LogP contribution in [0.3, 0.4) is 0 Å². The van der Waals surface area contributed by atoms with E-state index >= 15 is 0 Å². The van der Waals surface area contributed by atoms with Gasteiger partial charge >= 0.3 is 0 Å². The van der Waals surface area contributed by atoms with Gasteiger partial charge in [-0.15, -0.1) is 0 Å². The lowest BCUT2D eigenvalue weighted by atomic mass is 10.2. The van der Waals surface area contributed by atoms with Gasteiger partial charge in [-0.1, -0.05) is 54.6 Å². The average molecular weight is 460 g/mol. The third-order valence-electron chi connectivity index (χ3n) is 4.97. The summed E-state index contributed by atoms with van der Waals surface area (Å²) in [4.78, 5) is 11.9. The van der Waals surface area contributed by atoms with Gasteiger partial charge in [0, 0.05) is 30.2 Å². The molecular formula is C25H25N5O2S. The predicted molar refractivity (Wildman–Crippen MR) is 137 cm³/mol. The number of H-pyrrole nitrogens is 1. The first-order valence-corrected chi connectivity index (χ1v) is 11.1. The number of nitrogens with one attached hydrogen (secondary N) is 4. The minimum Gasteiger partial charge on any atom is -0.489 e. The summed E-state index contributed by atoms with van der Waals surface area (Å²) < 4.78 is 5.87. The Hall–Kier alpha value is -3.91. The van der Waals surface area contributed by atoms with Crippen LogP contribution in [0.4, 0.5) is 11.5 Å². The maximum Gasteiger partial charge on any atom is 0.272 e. The Morgan fingerprint density at radius 3 is 2.58 bits per heavy atom. The minimum absolute atomic E-state index is 0.191. The van der Waals surface area contributed by atoms with Crippen molar-refractivity contribution >= 4 is 39.6 Å². The van der Waals surface area contributed by atoms with Crippen LogP contribution >= 0.6 is 12.2 Å². The molecule has 0 aliphatic heterocycles. The number of fused-ring (bicyclic) bond motifs is 1. The first kappa shape index (κ1) is 22.3. The fraction of sp³-hybridized carbons (Fsp3) is 0.160. The van der Waals surface area contributed by atoms with Gasteiger partial charge in [0.15, 0.2) is 10.9 Å². The Morgan fingerprint density at radius 1 is 0.939 bits per heavy atom. The number of thiocarbonyl (C=S) groups is 1. The lowest BCUT2D eigenvalue weighted by Gasteiger charge is -2.13. The molecule has 0 saturated heterocycles. The summed E-state index contributed by atoms with van der Waals surface area (Å²) in [6, 6.07) is 25.2. The Balaban J connectivity index is 1.20. The summed E-state index contributed by atoms with van der Waals surface area (Å²) in [7, 11) is 0. The van der Waals surface area contributed by atoms with Crippen LogP contribution in [0.15, 0.2) is 83.7 Å². The van der Waals surface area contributed by atoms with Gasteiger partial charge in [0.1, 0.15) is 12.4 Å². The van der Waals surface area contributed by atoms with Gasteiger partial charge in [-0.05, 0) is 42.4 Å². The summed E-state index contributed by atoms with van der Waals surface area (Å²) in [6.07, 6.45) is 0.817. The van der Waals surface area contributed by atoms with E-state index in [1.807, 2.05) is 72.8 Å². The van der Waals surface area contributed by atoms with Crippen molar-refractivity contribution < 1.29 is 4.74 Å². The SMILES string of the molecule is O=c1[nH]nc(NCCCNC(=S)Nc2cccc(OCc3ccccc3)c2)c2ccccc12. The van der Waals surface area contributed by atoms with Crippen molar-refractivity contribution in [2.45, 2.75) is 13.0 Å². The molecule has 0 radical (unpaired) electrons. The van der Waals surface area contributed by atoms with Gasteiger partial charge in [0.2, 0.25) is 0 Å². The molecule has 0 aliphatic rings. The molecule has 1 heterocycles. The molecule has 0 aliphatic carbocycles. The molecule has 0 amide bonds. The zero-order chi connectivity index (χ0) is 22.9. The largest absolute Gasteiger partial charge is 0.489 e. The highest BCUT2D eigenvalue weighted by Crippen LogP contribution is 2.19. The van der Waals surface area contributed by atoms with Crippen molar-refractivity contribution in [1.29, 1.82) is 0 Å². The Bertz CT molecular complexity index is 1280. The molecule has 4 N–H and O–H groups in total. The second-order valence-electron chi connectivity index (χ2n) is 7.41. The number of hydrogen-bond acceptors (Lipinski definition) is 5. The molecule has 7 nitrogen and oxygen atoms in total. The van der Waals surface area contributed by atoms with E-state index < -0.39 is 0 Å². The highest BCUT2D eigenvalue weighted by Gasteiger charge is 2.05. The summed E-state index contributed by atoms with van der Waals surface area (Å²) >= 11 is 5.41. The van der Waals surface area contributed by atoms with E-state index in [0.29, 0.717) is 36.0 Å². The predicted octanol–water partition coefficient (Wildman–Crippen LogP) is 4.29. The number of hydrogen-bond donors (Lipinski definition) is 4. The lowest BCUT2D eigenvalue weighted by Crippen LogP contribution is -2.30. The van der Waals surface area contributed by atoms with Crippen LogP contribution in [0.25, 0.3) is 10.8 Å². The number of aromatic nitrogens is 2. The highest BCUT2D eigenvalue weighted by molar-refractivity contribution is 7.80. The average Bonchev–Trinajstić information content (AvgIpc) is 2.85. The van der Waals surface area contributed by atoms with E-state index in [1.54, 1.807) is 6.07 Å². The maximum absolute atomic E-state index is 11.9. The smallest absolute Gasteiger partial charge is 0.272 e. The molecule has 0 spiro atoms. The lowest BCUT2D eigenvalue weighted by molar-refractivity contribution is 0.306. The van der Waals surface area contributed by atoms with Crippen LogP contribution in [-0.4, -0.2) is 28.4 Å². The van der Waals surface area contributed by atoms with Gasteiger partial charge in [0.05, 0.1) is 5.39 Å². The van der Waals surface area contributed by atoms with Crippen molar-refractivity contribution in [1.82, 2.24) is 15.5 Å². The normalized spacial score (nSPS) is 10.5. The molecule has 33 heavy (non-hydrogen) atoms. The highest BCUT2D eigenvalue weighted by atomic mass is 32.1. The van der Waals surface area contributed by atoms with Crippen molar-refractivity contribution in [2.24, 2.45) is 0 Å². The van der Waals surface area contributed by atoms with E-state index in [2.05, 4.69) is 26.1 Å². The van der Waals surface area contributed by atoms with Gasteiger partial charge in [0.25, 0.3) is 5.56 Å². The van der Waals surface area contributed by atoms with Crippen molar-refractivity contribution in [2.75, 3.05) is 23.7 Å². The third kappa shape index (κ3) is 6.30. The fourth-order valence-electron chi connectivity index (χ4n) is 3.33. The van der Waals surface area contributed by atoms with Gasteiger partial charge in [-0.2, -0.15) is 5.10 Å². The monoisotopic (exact) mass is 459 g/mol. The van der Waals surface area contributed by atoms with Crippen LogP contribution in [0.2, 0.25) is 0 Å². The fourth-order valence-corrected chi connectivity index (χ4v) is 3.55. The molecule has 0 unspecified atom stereocenters. The molecule has 0 saturated carbocycles. The van der Waals surface area contributed by atoms with E-state index in [4.69, 9.17) is 17.0 Å². The van der Waals surface area contributed by atoms with Gasteiger partial charge < -0.3 is 20.7 Å². The summed E-state index contributed by atoms with van der Waals surface area (Å²) in [5.74, 6) is 1.44. The van der Waals surface area contributed by atoms with Crippen molar-refractivity contribution in [3.8, 4) is 5.75 Å². The van der Waals surface area contributed by atoms with E-state index in [1.165, 1.54) is 0 Å². The van der Waals surface area contributed by atoms with Crippen molar-refractivity contribution in [3.05, 3.63) is 94.8 Å². The number of nitrogens with zero attached hydrogens (tertiary/aromatic N) is 1. The Labute approximate surface area is 197 Å². The molecule has 0 atom stereocenters. The number of ether oxygens (including phenoxy) is 1. The summed E-state index contributed by atoms with van der Waals surface area (Å²) in [6.45, 7) is 1.88. The van der Waals surface area contributed by atoms with Gasteiger partial charge in [-0.25, -0.2) is 5.10 Å². The molecule has 4 rings (SSSR count). The third-order valence-corrected chi connectivity index (χ3v) is 5.21. The van der Waals surface area contributed by atoms with Crippen LogP contribution in [-0.2, 0) is 6.61 Å². The van der Waals surface area contributed by atoms with E-state index in [0.717, 1.165) is 28.8 Å². The topological polar surface area (TPSA) is 91.1 Å². The molecule has 4 aromatic rings. The minimum atomic E-state index is -0.191. The zero-order valence-corrected chi connectivity index (χ0v) is 18.8. The number of benzene rings is 3. The quantitative estimate of drug-likeness (QED) is 0.219. The first-order chi connectivity index (χ1) is 16.2. The van der Waals surface area contributed by atoms with Crippen LogP contribution < -0.4 is 26.2 Å². The number of aromatic amines is 1. The Kier molecular flexibility index (Phi) is 7.50. The molecule has 8 heteroatoms.